The van der Waals surface area contributed by atoms with Gasteiger partial charge in [-0.25, -0.2) is 0 Å². The number of rotatable bonds is 4. The molecule has 1 aliphatic carbocycles. The molecule has 0 aliphatic heterocycles. The Balaban J connectivity index is 0.00000112. The molecule has 2 rings (SSSR count). The van der Waals surface area contributed by atoms with Gasteiger partial charge in [-0.2, -0.15) is 0 Å². The summed E-state index contributed by atoms with van der Waals surface area (Å²) in [6.45, 7) is 2.20. The van der Waals surface area contributed by atoms with E-state index >= 15 is 0 Å². The standard InChI is InChI=1S/C12H17NS.ClH/c1-3-14-12-6-4-5-11(9-12)13(2)10-7-8-10;/h4-6,9-10H,3,7-8H2,1-2H3;1H. The van der Waals surface area contributed by atoms with Crippen LogP contribution in [0.5, 0.6) is 0 Å². The van der Waals surface area contributed by atoms with Crippen molar-refractivity contribution in [3.8, 4) is 0 Å². The molecule has 0 N–H and O–H groups in total. The Morgan fingerprint density at radius 1 is 1.40 bits per heavy atom. The molecule has 1 saturated carbocycles. The molecule has 1 aromatic carbocycles. The molecule has 0 atom stereocenters. The summed E-state index contributed by atoms with van der Waals surface area (Å²) in [5.74, 6) is 1.15. The fourth-order valence-corrected chi connectivity index (χ4v) is 2.34. The van der Waals surface area contributed by atoms with Crippen LogP contribution in [0.25, 0.3) is 0 Å². The molecule has 0 amide bonds. The first kappa shape index (κ1) is 12.7. The predicted octanol–water partition coefficient (Wildman–Crippen LogP) is 3.82. The lowest BCUT2D eigenvalue weighted by Crippen LogP contribution is -2.19. The normalized spacial score (nSPS) is 14.5. The lowest BCUT2D eigenvalue weighted by Gasteiger charge is -2.19. The fourth-order valence-electron chi connectivity index (χ4n) is 1.63. The van der Waals surface area contributed by atoms with Crippen molar-refractivity contribution in [2.45, 2.75) is 30.7 Å². The molecule has 1 nitrogen and oxygen atoms in total. The van der Waals surface area contributed by atoms with Crippen LogP contribution in [-0.4, -0.2) is 18.8 Å². The predicted molar refractivity (Wildman–Crippen MR) is 71.5 cm³/mol. The van der Waals surface area contributed by atoms with E-state index in [4.69, 9.17) is 0 Å². The molecule has 1 aliphatic rings. The Kier molecular flexibility index (Phi) is 4.81. The van der Waals surface area contributed by atoms with Crippen molar-refractivity contribution in [3.05, 3.63) is 24.3 Å². The van der Waals surface area contributed by atoms with Crippen LogP contribution in [0.2, 0.25) is 0 Å². The van der Waals surface area contributed by atoms with Gasteiger partial charge < -0.3 is 4.90 Å². The molecule has 0 heterocycles. The molecular formula is C12H18ClNS. The summed E-state index contributed by atoms with van der Waals surface area (Å²) < 4.78 is 0. The summed E-state index contributed by atoms with van der Waals surface area (Å²) in [6, 6.07) is 9.66. The topological polar surface area (TPSA) is 3.24 Å². The minimum atomic E-state index is 0. The maximum atomic E-state index is 2.40. The Labute approximate surface area is 103 Å². The van der Waals surface area contributed by atoms with Crippen LogP contribution in [0.4, 0.5) is 5.69 Å². The third kappa shape index (κ3) is 3.32. The SMILES string of the molecule is CCSc1cccc(N(C)C2CC2)c1.Cl. The summed E-state index contributed by atoms with van der Waals surface area (Å²) in [5, 5.41) is 0. The molecule has 1 fully saturated rings. The van der Waals surface area contributed by atoms with E-state index in [1.54, 1.807) is 0 Å². The highest BCUT2D eigenvalue weighted by Crippen LogP contribution is 2.31. The zero-order valence-electron chi connectivity index (χ0n) is 9.27. The van der Waals surface area contributed by atoms with Gasteiger partial charge in [0, 0.05) is 23.7 Å². The molecule has 0 bridgehead atoms. The van der Waals surface area contributed by atoms with Crippen LogP contribution in [0.1, 0.15) is 19.8 Å². The summed E-state index contributed by atoms with van der Waals surface area (Å²) >= 11 is 1.91. The van der Waals surface area contributed by atoms with Crippen molar-refractivity contribution in [1.82, 2.24) is 0 Å². The van der Waals surface area contributed by atoms with E-state index in [2.05, 4.69) is 43.1 Å². The van der Waals surface area contributed by atoms with Crippen LogP contribution in [0.3, 0.4) is 0 Å². The lowest BCUT2D eigenvalue weighted by atomic mass is 10.3. The summed E-state index contributed by atoms with van der Waals surface area (Å²) in [7, 11) is 2.20. The number of anilines is 1. The van der Waals surface area contributed by atoms with Crippen LogP contribution >= 0.6 is 24.2 Å². The van der Waals surface area contributed by atoms with Crippen molar-refractivity contribution in [2.24, 2.45) is 0 Å². The van der Waals surface area contributed by atoms with E-state index in [0.717, 1.165) is 11.8 Å². The fraction of sp³-hybridized carbons (Fsp3) is 0.500. The average Bonchev–Trinajstić information content (AvgIpc) is 3.01. The highest BCUT2D eigenvalue weighted by molar-refractivity contribution is 7.99. The number of hydrogen-bond acceptors (Lipinski definition) is 2. The van der Waals surface area contributed by atoms with Gasteiger partial charge in [-0.15, -0.1) is 24.2 Å². The van der Waals surface area contributed by atoms with Crippen molar-refractivity contribution < 1.29 is 0 Å². The van der Waals surface area contributed by atoms with Gasteiger partial charge in [0.05, 0.1) is 0 Å². The minimum Gasteiger partial charge on any atom is -0.372 e. The molecule has 0 saturated heterocycles. The highest BCUT2D eigenvalue weighted by atomic mass is 35.5. The minimum absolute atomic E-state index is 0. The van der Waals surface area contributed by atoms with E-state index in [1.807, 2.05) is 11.8 Å². The Hall–Kier alpha value is -0.340. The molecular weight excluding hydrogens is 226 g/mol. The number of halogens is 1. The maximum Gasteiger partial charge on any atom is 0.0377 e. The van der Waals surface area contributed by atoms with Gasteiger partial charge >= 0.3 is 0 Å². The molecule has 0 aromatic heterocycles. The molecule has 84 valence electrons. The maximum absolute atomic E-state index is 2.40. The number of thioether (sulfide) groups is 1. The Morgan fingerprint density at radius 3 is 2.73 bits per heavy atom. The lowest BCUT2D eigenvalue weighted by molar-refractivity contribution is 0.914. The number of hydrogen-bond donors (Lipinski definition) is 0. The monoisotopic (exact) mass is 243 g/mol. The smallest absolute Gasteiger partial charge is 0.0377 e. The Bertz CT molecular complexity index is 312. The van der Waals surface area contributed by atoms with Crippen LogP contribution in [0.15, 0.2) is 29.2 Å². The zero-order chi connectivity index (χ0) is 9.97. The molecule has 1 aromatic rings. The van der Waals surface area contributed by atoms with E-state index in [1.165, 1.54) is 23.4 Å². The van der Waals surface area contributed by atoms with E-state index in [9.17, 15) is 0 Å². The third-order valence-corrected chi connectivity index (χ3v) is 3.51. The first-order valence-electron chi connectivity index (χ1n) is 5.27. The van der Waals surface area contributed by atoms with Gasteiger partial charge in [0.15, 0.2) is 0 Å². The van der Waals surface area contributed by atoms with Crippen molar-refractivity contribution in [1.29, 1.82) is 0 Å². The summed E-state index contributed by atoms with van der Waals surface area (Å²) in [4.78, 5) is 3.79. The van der Waals surface area contributed by atoms with Crippen molar-refractivity contribution in [3.63, 3.8) is 0 Å². The van der Waals surface area contributed by atoms with E-state index < -0.39 is 0 Å². The van der Waals surface area contributed by atoms with Crippen molar-refractivity contribution >= 4 is 29.9 Å². The van der Waals surface area contributed by atoms with Gasteiger partial charge in [0.25, 0.3) is 0 Å². The first-order chi connectivity index (χ1) is 6.81. The van der Waals surface area contributed by atoms with Crippen LogP contribution in [0, 0.1) is 0 Å². The molecule has 15 heavy (non-hydrogen) atoms. The van der Waals surface area contributed by atoms with E-state index in [0.29, 0.717) is 0 Å². The average molecular weight is 244 g/mol. The second-order valence-electron chi connectivity index (χ2n) is 3.77. The molecule has 3 heteroatoms. The van der Waals surface area contributed by atoms with Gasteiger partial charge in [-0.05, 0) is 36.8 Å². The second-order valence-corrected chi connectivity index (χ2v) is 5.11. The first-order valence-corrected chi connectivity index (χ1v) is 6.25. The highest BCUT2D eigenvalue weighted by Gasteiger charge is 2.26. The molecule has 0 spiro atoms. The van der Waals surface area contributed by atoms with Gasteiger partial charge in [-0.3, -0.25) is 0 Å². The van der Waals surface area contributed by atoms with E-state index in [-0.39, 0.29) is 12.4 Å². The Morgan fingerprint density at radius 2 is 2.13 bits per heavy atom. The summed E-state index contributed by atoms with van der Waals surface area (Å²) in [5.41, 5.74) is 1.37. The van der Waals surface area contributed by atoms with Gasteiger partial charge in [0.1, 0.15) is 0 Å². The molecule has 0 unspecified atom stereocenters. The van der Waals surface area contributed by atoms with Gasteiger partial charge in [-0.1, -0.05) is 13.0 Å². The van der Waals surface area contributed by atoms with Crippen LogP contribution < -0.4 is 4.90 Å². The second kappa shape index (κ2) is 5.66. The number of nitrogens with zero attached hydrogens (tertiary/aromatic N) is 1. The third-order valence-electron chi connectivity index (χ3n) is 2.63. The van der Waals surface area contributed by atoms with Crippen LogP contribution in [-0.2, 0) is 0 Å². The molecule has 0 radical (unpaired) electrons. The quantitative estimate of drug-likeness (QED) is 0.740. The largest absolute Gasteiger partial charge is 0.372 e. The number of benzene rings is 1. The zero-order valence-corrected chi connectivity index (χ0v) is 10.9. The summed E-state index contributed by atoms with van der Waals surface area (Å²) in [6.07, 6.45) is 2.73. The van der Waals surface area contributed by atoms with Crippen molar-refractivity contribution in [2.75, 3.05) is 17.7 Å². The van der Waals surface area contributed by atoms with Gasteiger partial charge in [0.2, 0.25) is 0 Å².